The fraction of sp³-hybridized carbons (Fsp3) is 0.250. The van der Waals surface area contributed by atoms with E-state index in [0.29, 0.717) is 46.5 Å². The number of benzene rings is 2. The summed E-state index contributed by atoms with van der Waals surface area (Å²) in [5.41, 5.74) is -0.119. The number of hydrogen-bond acceptors (Lipinski definition) is 11. The number of thiophene rings is 1. The first-order valence-electron chi connectivity index (χ1n) is 11.9. The predicted octanol–water partition coefficient (Wildman–Crippen LogP) is 5.59. The summed E-state index contributed by atoms with van der Waals surface area (Å²) in [5.74, 6) is 1.54. The molecule has 2 aromatic heterocycles. The van der Waals surface area contributed by atoms with E-state index in [1.54, 1.807) is 24.3 Å². The van der Waals surface area contributed by atoms with E-state index >= 15 is 0 Å². The molecule has 0 bridgehead atoms. The van der Waals surface area contributed by atoms with Crippen molar-refractivity contribution in [3.63, 3.8) is 0 Å². The summed E-state index contributed by atoms with van der Waals surface area (Å²) in [6.07, 6.45) is -0.631. The van der Waals surface area contributed by atoms with Crippen molar-refractivity contribution in [2.45, 2.75) is 17.4 Å². The average Bonchev–Trinajstić information content (AvgIpc) is 3.45. The van der Waals surface area contributed by atoms with Crippen LogP contribution in [-0.4, -0.2) is 58.3 Å². The molecule has 0 aliphatic carbocycles. The lowest BCUT2D eigenvalue weighted by molar-refractivity contribution is -0.387. The number of para-hydroxylation sites is 1. The summed E-state index contributed by atoms with van der Waals surface area (Å²) < 4.78 is 37.4. The van der Waals surface area contributed by atoms with Crippen LogP contribution in [-0.2, 0) is 10.0 Å². The second-order valence-corrected chi connectivity index (χ2v) is 13.5. The molecule has 0 amide bonds. The van der Waals surface area contributed by atoms with Crippen LogP contribution >= 0.6 is 46.1 Å². The van der Waals surface area contributed by atoms with Crippen LogP contribution in [0.25, 0.3) is 0 Å². The van der Waals surface area contributed by atoms with E-state index < -0.39 is 31.6 Å². The lowest BCUT2D eigenvalue weighted by atomic mass is 10.1. The minimum absolute atomic E-state index is 0.0453. The van der Waals surface area contributed by atoms with Crippen LogP contribution in [0, 0.1) is 10.1 Å². The number of nitro groups is 1. The Morgan fingerprint density at radius 2 is 1.70 bits per heavy atom. The summed E-state index contributed by atoms with van der Waals surface area (Å²) in [5, 5.41) is 22.9. The van der Waals surface area contributed by atoms with Gasteiger partial charge in [0, 0.05) is 37.7 Å². The summed E-state index contributed by atoms with van der Waals surface area (Å²) >= 11 is 13.7. The number of halogens is 2. The van der Waals surface area contributed by atoms with Crippen molar-refractivity contribution in [2.24, 2.45) is 0 Å². The first kappa shape index (κ1) is 28.7. The highest BCUT2D eigenvalue weighted by Crippen LogP contribution is 2.46. The Hall–Kier alpha value is -2.85. The summed E-state index contributed by atoms with van der Waals surface area (Å²) in [6.45, 7) is 0.913. The molecular formula is C24H21Cl2N5O6S3. The van der Waals surface area contributed by atoms with E-state index in [1.807, 2.05) is 35.2 Å². The Labute approximate surface area is 247 Å². The number of rotatable bonds is 8. The van der Waals surface area contributed by atoms with Crippen LogP contribution in [0.4, 0.5) is 10.8 Å². The van der Waals surface area contributed by atoms with Gasteiger partial charge >= 0.3 is 5.69 Å². The van der Waals surface area contributed by atoms with Gasteiger partial charge in [-0.3, -0.25) is 10.1 Å². The van der Waals surface area contributed by atoms with E-state index in [9.17, 15) is 23.6 Å². The first-order chi connectivity index (χ1) is 19.1. The molecule has 0 radical (unpaired) electrons. The second-order valence-electron chi connectivity index (χ2n) is 8.65. The zero-order chi connectivity index (χ0) is 28.4. The van der Waals surface area contributed by atoms with Gasteiger partial charge in [-0.05, 0) is 36.2 Å². The molecule has 3 heterocycles. The van der Waals surface area contributed by atoms with Crippen molar-refractivity contribution < 1.29 is 23.2 Å². The van der Waals surface area contributed by atoms with Gasteiger partial charge in [-0.1, -0.05) is 53.5 Å². The highest BCUT2D eigenvalue weighted by molar-refractivity contribution is 7.89. The van der Waals surface area contributed by atoms with Gasteiger partial charge in [-0.2, -0.15) is 8.68 Å². The number of nitrogens with zero attached hydrogens (tertiary/aromatic N) is 5. The predicted molar refractivity (Wildman–Crippen MR) is 154 cm³/mol. The minimum Gasteiger partial charge on any atom is -0.457 e. The molecule has 4 aromatic rings. The summed E-state index contributed by atoms with van der Waals surface area (Å²) in [7, 11) is -4.27. The standard InChI is InChI=1S/C24H21Cl2N5O6S3/c25-21-18(31(33)34)20(22(26)38-21)40(35,36)30-12-4-11-29(13-14-30)24-27-23(28-39-24)19(32)15-7-9-17(10-8-15)37-16-5-2-1-3-6-16/h1-3,5-10,19,32H,4,11-14H2. The van der Waals surface area contributed by atoms with Gasteiger partial charge in [0.2, 0.25) is 5.13 Å². The van der Waals surface area contributed by atoms with E-state index in [2.05, 4.69) is 9.36 Å². The van der Waals surface area contributed by atoms with Crippen molar-refractivity contribution in [3.8, 4) is 11.5 Å². The average molecular weight is 643 g/mol. The smallest absolute Gasteiger partial charge is 0.320 e. The molecule has 1 saturated heterocycles. The molecule has 1 aliphatic rings. The van der Waals surface area contributed by atoms with Gasteiger partial charge in [-0.15, -0.1) is 11.3 Å². The van der Waals surface area contributed by atoms with Gasteiger partial charge in [0.25, 0.3) is 10.0 Å². The molecule has 40 heavy (non-hydrogen) atoms. The molecular weight excluding hydrogens is 621 g/mol. The highest BCUT2D eigenvalue weighted by Gasteiger charge is 2.39. The highest BCUT2D eigenvalue weighted by atomic mass is 35.5. The number of sulfonamides is 1. The summed E-state index contributed by atoms with van der Waals surface area (Å²) in [4.78, 5) is 16.4. The van der Waals surface area contributed by atoms with Crippen LogP contribution in [0.15, 0.2) is 59.5 Å². The number of ether oxygens (including phenoxy) is 1. The van der Waals surface area contributed by atoms with Crippen molar-refractivity contribution in [2.75, 3.05) is 31.1 Å². The summed E-state index contributed by atoms with van der Waals surface area (Å²) in [6, 6.07) is 16.3. The fourth-order valence-corrected chi connectivity index (χ4v) is 8.78. The third kappa shape index (κ3) is 5.93. The normalized spacial score (nSPS) is 15.5. The maximum absolute atomic E-state index is 13.3. The molecule has 1 fully saturated rings. The first-order valence-corrected chi connectivity index (χ1v) is 15.7. The monoisotopic (exact) mass is 641 g/mol. The number of hydrogen-bond donors (Lipinski definition) is 1. The topological polar surface area (TPSA) is 139 Å². The SMILES string of the molecule is O=[N+]([O-])c1c(Cl)sc(Cl)c1S(=O)(=O)N1CCCN(c2nc(C(O)c3ccc(Oc4ccccc4)cc3)ns2)CC1. The van der Waals surface area contributed by atoms with Crippen LogP contribution in [0.5, 0.6) is 11.5 Å². The third-order valence-corrected chi connectivity index (χ3v) is 10.7. The van der Waals surface area contributed by atoms with Crippen molar-refractivity contribution >= 4 is 66.9 Å². The quantitative estimate of drug-likeness (QED) is 0.193. The molecule has 1 unspecified atom stereocenters. The van der Waals surface area contributed by atoms with Crippen molar-refractivity contribution in [3.05, 3.63) is 84.8 Å². The zero-order valence-corrected chi connectivity index (χ0v) is 24.5. The molecule has 1 aliphatic heterocycles. The molecule has 1 N–H and O–H groups in total. The lowest BCUT2D eigenvalue weighted by Gasteiger charge is -2.20. The molecule has 0 spiro atoms. The molecule has 5 rings (SSSR count). The minimum atomic E-state index is -4.27. The van der Waals surface area contributed by atoms with Crippen LogP contribution in [0.3, 0.4) is 0 Å². The van der Waals surface area contributed by atoms with Crippen molar-refractivity contribution in [1.82, 2.24) is 13.7 Å². The lowest BCUT2D eigenvalue weighted by Crippen LogP contribution is -2.35. The molecule has 16 heteroatoms. The Morgan fingerprint density at radius 1 is 1.00 bits per heavy atom. The third-order valence-electron chi connectivity index (χ3n) is 6.12. The Kier molecular flexibility index (Phi) is 8.56. The van der Waals surface area contributed by atoms with E-state index in [0.717, 1.165) is 11.5 Å². The number of aromatic nitrogens is 2. The molecule has 11 nitrogen and oxygen atoms in total. The maximum Gasteiger partial charge on any atom is 0.320 e. The van der Waals surface area contributed by atoms with Gasteiger partial charge in [-0.25, -0.2) is 13.4 Å². The second kappa shape index (κ2) is 11.9. The van der Waals surface area contributed by atoms with E-state index in [-0.39, 0.29) is 34.1 Å². The number of aliphatic hydroxyl groups excluding tert-OH is 1. The van der Waals surface area contributed by atoms with E-state index in [1.165, 1.54) is 4.31 Å². The molecule has 2 aromatic carbocycles. The molecule has 1 atom stereocenters. The zero-order valence-electron chi connectivity index (χ0n) is 20.5. The largest absolute Gasteiger partial charge is 0.457 e. The van der Waals surface area contributed by atoms with Gasteiger partial charge in [0.05, 0.1) is 4.92 Å². The van der Waals surface area contributed by atoms with E-state index in [4.69, 9.17) is 27.9 Å². The molecule has 0 saturated carbocycles. The molecule has 210 valence electrons. The Bertz CT molecular complexity index is 1620. The van der Waals surface area contributed by atoms with Crippen LogP contribution < -0.4 is 9.64 Å². The Morgan fingerprint density at radius 3 is 2.40 bits per heavy atom. The van der Waals surface area contributed by atoms with Crippen LogP contribution in [0.2, 0.25) is 8.67 Å². The van der Waals surface area contributed by atoms with Gasteiger partial charge < -0.3 is 14.7 Å². The van der Waals surface area contributed by atoms with Crippen molar-refractivity contribution in [1.29, 1.82) is 0 Å². The van der Waals surface area contributed by atoms with Gasteiger partial charge in [0.1, 0.15) is 21.9 Å². The van der Waals surface area contributed by atoms with Crippen LogP contribution in [0.1, 0.15) is 23.9 Å². The maximum atomic E-state index is 13.3. The van der Waals surface area contributed by atoms with Gasteiger partial charge in [0.15, 0.2) is 15.1 Å². The Balaban J connectivity index is 1.26. The number of anilines is 1. The fourth-order valence-electron chi connectivity index (χ4n) is 4.15. The number of aliphatic hydroxyl groups is 1.